The molecule has 0 spiro atoms. The minimum absolute atomic E-state index is 0.295. The van der Waals surface area contributed by atoms with E-state index in [1.54, 1.807) is 0 Å². The van der Waals surface area contributed by atoms with Crippen molar-refractivity contribution in [3.63, 3.8) is 0 Å². The van der Waals surface area contributed by atoms with Gasteiger partial charge in [0, 0.05) is 42.3 Å². The lowest BCUT2D eigenvalue weighted by Gasteiger charge is -2.28. The Bertz CT molecular complexity index is 3130. The zero-order chi connectivity index (χ0) is 37.9. The Morgan fingerprint density at radius 3 is 1.77 bits per heavy atom. The van der Waals surface area contributed by atoms with Crippen molar-refractivity contribution in [2.45, 2.75) is 12.3 Å². The molecule has 2 aromatic heterocycles. The number of nitrogens with zero attached hydrogens (tertiary/aromatic N) is 2. The van der Waals surface area contributed by atoms with Crippen LogP contribution in [0.2, 0.25) is 0 Å². The zero-order valence-electron chi connectivity index (χ0n) is 31.4. The van der Waals surface area contributed by atoms with Crippen molar-refractivity contribution in [3.05, 3.63) is 217 Å². The molecule has 0 amide bonds. The molecule has 0 saturated carbocycles. The lowest BCUT2D eigenvalue weighted by atomic mass is 9.74. The number of hydrogen-bond acceptors (Lipinski definition) is 3. The predicted molar refractivity (Wildman–Crippen MR) is 240 cm³/mol. The molecular formula is C54H36N2S. The van der Waals surface area contributed by atoms with E-state index in [0.29, 0.717) is 5.82 Å². The summed E-state index contributed by atoms with van der Waals surface area (Å²) >= 11 is 1.86. The summed E-state index contributed by atoms with van der Waals surface area (Å²) in [6, 6.07) is 72.2. The van der Waals surface area contributed by atoms with Crippen molar-refractivity contribution in [1.29, 1.82) is 0 Å². The monoisotopic (exact) mass is 744 g/mol. The first-order chi connectivity index (χ1) is 28.1. The van der Waals surface area contributed by atoms with Crippen molar-refractivity contribution in [3.8, 4) is 67.3 Å². The number of rotatable bonds is 6. The molecule has 10 aromatic rings. The quantitative estimate of drug-likeness (QED) is 0.169. The third-order valence-corrected chi connectivity index (χ3v) is 13.0. The fourth-order valence-electron chi connectivity index (χ4n) is 8.99. The molecule has 2 nitrogen and oxygen atoms in total. The second-order valence-corrected chi connectivity index (χ2v) is 16.1. The average molecular weight is 745 g/mol. The van der Waals surface area contributed by atoms with Gasteiger partial charge in [-0.25, -0.2) is 9.97 Å². The molecular weight excluding hydrogens is 709 g/mol. The second kappa shape index (κ2) is 13.4. The molecule has 0 saturated heterocycles. The summed E-state index contributed by atoms with van der Waals surface area (Å²) < 4.78 is 2.64. The highest BCUT2D eigenvalue weighted by Gasteiger charge is 2.41. The van der Waals surface area contributed by atoms with Crippen molar-refractivity contribution in [2.75, 3.05) is 0 Å². The molecule has 1 unspecified atom stereocenters. The van der Waals surface area contributed by atoms with Crippen molar-refractivity contribution in [2.24, 2.45) is 0 Å². The minimum atomic E-state index is -0.295. The molecule has 0 radical (unpaired) electrons. The Morgan fingerprint density at radius 2 is 0.965 bits per heavy atom. The van der Waals surface area contributed by atoms with Crippen molar-refractivity contribution < 1.29 is 0 Å². The minimum Gasteiger partial charge on any atom is -0.228 e. The Balaban J connectivity index is 1.03. The van der Waals surface area contributed by atoms with Crippen LogP contribution in [0.1, 0.15) is 23.6 Å². The summed E-state index contributed by atoms with van der Waals surface area (Å²) in [7, 11) is 0. The molecule has 1 atom stereocenters. The van der Waals surface area contributed by atoms with Gasteiger partial charge in [-0.15, -0.1) is 11.3 Å². The van der Waals surface area contributed by atoms with Gasteiger partial charge in [0.1, 0.15) is 0 Å². The van der Waals surface area contributed by atoms with Gasteiger partial charge in [0.2, 0.25) is 0 Å². The standard InChI is InChI=1S/C54H36N2S/c1-54(39-17-6-3-7-18-39)46-24-12-10-22-43(46)52-44(23-14-25-47(52)54)49-34-48(55-53(56-49)37-15-4-2-5-16-37)36-29-27-35(28-30-36)40-19-8-9-20-41(40)38-31-32-51-45(33-38)42-21-11-13-26-50(42)57-51/h2-34H,1H3. The molecule has 11 rings (SSSR count). The van der Waals surface area contributed by atoms with Gasteiger partial charge in [-0.2, -0.15) is 0 Å². The predicted octanol–water partition coefficient (Wildman–Crippen LogP) is 14.5. The van der Waals surface area contributed by atoms with Crippen LogP contribution >= 0.6 is 11.3 Å². The lowest BCUT2D eigenvalue weighted by molar-refractivity contribution is 0.714. The van der Waals surface area contributed by atoms with Gasteiger partial charge in [-0.1, -0.05) is 176 Å². The van der Waals surface area contributed by atoms with Crippen LogP contribution in [0.3, 0.4) is 0 Å². The molecule has 3 heteroatoms. The number of benzene rings is 8. The highest BCUT2D eigenvalue weighted by atomic mass is 32.1. The summed E-state index contributed by atoms with van der Waals surface area (Å²) in [6.45, 7) is 2.36. The molecule has 8 aromatic carbocycles. The average Bonchev–Trinajstić information content (AvgIpc) is 3.80. The van der Waals surface area contributed by atoms with E-state index in [1.807, 2.05) is 17.4 Å². The summed E-state index contributed by atoms with van der Waals surface area (Å²) in [5.41, 5.74) is 15.9. The third kappa shape index (κ3) is 5.46. The molecule has 268 valence electrons. The Morgan fingerprint density at radius 1 is 0.386 bits per heavy atom. The molecule has 1 aliphatic carbocycles. The highest BCUT2D eigenvalue weighted by molar-refractivity contribution is 7.25. The zero-order valence-corrected chi connectivity index (χ0v) is 32.2. The fourth-order valence-corrected chi connectivity index (χ4v) is 10.1. The molecule has 0 fully saturated rings. The van der Waals surface area contributed by atoms with E-state index in [2.05, 4.69) is 201 Å². The van der Waals surface area contributed by atoms with Crippen LogP contribution in [0, 0.1) is 0 Å². The molecule has 2 heterocycles. The summed E-state index contributed by atoms with van der Waals surface area (Å²) in [6.07, 6.45) is 0. The van der Waals surface area contributed by atoms with Gasteiger partial charge in [-0.05, 0) is 81.3 Å². The van der Waals surface area contributed by atoms with Gasteiger partial charge in [0.05, 0.1) is 11.4 Å². The largest absolute Gasteiger partial charge is 0.228 e. The van der Waals surface area contributed by atoms with Crippen molar-refractivity contribution >= 4 is 31.5 Å². The Kier molecular flexibility index (Phi) is 7.84. The SMILES string of the molecule is CC1(c2ccccc2)c2ccccc2-c2c(-c3cc(-c4ccc(-c5ccccc5-c5ccc6sc7ccccc7c6c5)cc4)nc(-c4ccccc4)n3)cccc21. The van der Waals surface area contributed by atoms with Crippen LogP contribution in [0.25, 0.3) is 87.5 Å². The van der Waals surface area contributed by atoms with Crippen LogP contribution < -0.4 is 0 Å². The Hall–Kier alpha value is -6.94. The van der Waals surface area contributed by atoms with Gasteiger partial charge in [0.15, 0.2) is 5.82 Å². The maximum atomic E-state index is 5.31. The van der Waals surface area contributed by atoms with Gasteiger partial charge >= 0.3 is 0 Å². The van der Waals surface area contributed by atoms with Crippen LogP contribution in [-0.2, 0) is 5.41 Å². The van der Waals surface area contributed by atoms with E-state index in [9.17, 15) is 0 Å². The second-order valence-electron chi connectivity index (χ2n) is 15.0. The van der Waals surface area contributed by atoms with Gasteiger partial charge < -0.3 is 0 Å². The van der Waals surface area contributed by atoms with Crippen LogP contribution in [0.5, 0.6) is 0 Å². The smallest absolute Gasteiger partial charge is 0.160 e. The van der Waals surface area contributed by atoms with Crippen LogP contribution in [0.4, 0.5) is 0 Å². The normalized spacial score (nSPS) is 14.5. The fraction of sp³-hybridized carbons (Fsp3) is 0.0370. The van der Waals surface area contributed by atoms with Crippen LogP contribution in [0.15, 0.2) is 200 Å². The number of aromatic nitrogens is 2. The summed E-state index contributed by atoms with van der Waals surface area (Å²) in [5, 5.41) is 2.62. The van der Waals surface area contributed by atoms with E-state index < -0.39 is 0 Å². The number of fused-ring (bicyclic) bond motifs is 6. The topological polar surface area (TPSA) is 25.8 Å². The van der Waals surface area contributed by atoms with Crippen LogP contribution in [-0.4, -0.2) is 9.97 Å². The maximum absolute atomic E-state index is 5.31. The first-order valence-electron chi connectivity index (χ1n) is 19.5. The Labute approximate surface area is 336 Å². The molecule has 0 bridgehead atoms. The van der Waals surface area contributed by atoms with E-state index in [0.717, 1.165) is 28.1 Å². The maximum Gasteiger partial charge on any atom is 0.160 e. The number of hydrogen-bond donors (Lipinski definition) is 0. The van der Waals surface area contributed by atoms with E-state index >= 15 is 0 Å². The molecule has 0 aliphatic heterocycles. The van der Waals surface area contributed by atoms with Gasteiger partial charge in [0.25, 0.3) is 0 Å². The summed E-state index contributed by atoms with van der Waals surface area (Å²) in [4.78, 5) is 10.5. The van der Waals surface area contributed by atoms with Gasteiger partial charge in [-0.3, -0.25) is 0 Å². The van der Waals surface area contributed by atoms with E-state index in [1.165, 1.54) is 70.2 Å². The molecule has 57 heavy (non-hydrogen) atoms. The number of thiophene rings is 1. The third-order valence-electron chi connectivity index (χ3n) is 11.8. The first-order valence-corrected chi connectivity index (χ1v) is 20.3. The summed E-state index contributed by atoms with van der Waals surface area (Å²) in [5.74, 6) is 0.712. The van der Waals surface area contributed by atoms with E-state index in [4.69, 9.17) is 9.97 Å². The highest BCUT2D eigenvalue weighted by Crippen LogP contribution is 2.55. The molecule has 1 aliphatic rings. The molecule has 0 N–H and O–H groups in total. The lowest BCUT2D eigenvalue weighted by Crippen LogP contribution is -2.22. The first kappa shape index (κ1) is 33.4. The van der Waals surface area contributed by atoms with Crippen molar-refractivity contribution in [1.82, 2.24) is 9.97 Å². The van der Waals surface area contributed by atoms with E-state index in [-0.39, 0.29) is 5.41 Å².